The van der Waals surface area contributed by atoms with Gasteiger partial charge in [-0.05, 0) is 25.0 Å². The molecule has 114 valence electrons. The Morgan fingerprint density at radius 2 is 1.71 bits per heavy atom. The number of aryl methyl sites for hydroxylation is 1. The highest BCUT2D eigenvalue weighted by atomic mass is 32.2. The summed E-state index contributed by atoms with van der Waals surface area (Å²) in [4.78, 5) is 12.4. The molecule has 0 saturated heterocycles. The van der Waals surface area contributed by atoms with Crippen LogP contribution < -0.4 is 0 Å². The molecule has 0 heterocycles. The first kappa shape index (κ1) is 14.7. The predicted molar refractivity (Wildman–Crippen MR) is 78.2 cm³/mol. The molecule has 4 atom stereocenters. The van der Waals surface area contributed by atoms with Gasteiger partial charge in [-0.25, -0.2) is 0 Å². The number of rotatable bonds is 3. The first-order valence-corrected chi connectivity index (χ1v) is 8.61. The average molecular weight is 308 g/mol. The van der Waals surface area contributed by atoms with Crippen molar-refractivity contribution in [3.63, 3.8) is 0 Å². The van der Waals surface area contributed by atoms with Crippen LogP contribution in [0, 0.1) is 30.1 Å². The maximum atomic E-state index is 12.4. The molecule has 2 saturated carbocycles. The maximum absolute atomic E-state index is 12.4. The zero-order valence-corrected chi connectivity index (χ0v) is 13.5. The van der Waals surface area contributed by atoms with E-state index in [2.05, 4.69) is 0 Å². The molecule has 2 aliphatic rings. The van der Waals surface area contributed by atoms with Crippen molar-refractivity contribution in [1.82, 2.24) is 0 Å². The molecule has 0 amide bonds. The molecule has 0 spiro atoms. The minimum atomic E-state index is -3.84. The molecule has 5 heteroatoms. The molecule has 2 aliphatic carbocycles. The quantitative estimate of drug-likeness (QED) is 0.805. The van der Waals surface area contributed by atoms with Crippen LogP contribution in [0.5, 0.6) is 0 Å². The van der Waals surface area contributed by atoms with Gasteiger partial charge in [0, 0.05) is 11.8 Å². The molecule has 21 heavy (non-hydrogen) atoms. The maximum Gasteiger partial charge on any atom is 0.297 e. The molecule has 1 aromatic carbocycles. The van der Waals surface area contributed by atoms with Crippen LogP contribution in [0.2, 0.25) is 0 Å². The molecule has 3 rings (SSSR count). The van der Waals surface area contributed by atoms with Gasteiger partial charge in [0.2, 0.25) is 0 Å². The summed E-state index contributed by atoms with van der Waals surface area (Å²) in [6, 6.07) is 6.57. The van der Waals surface area contributed by atoms with Crippen molar-refractivity contribution in [3.8, 4) is 0 Å². The number of ketones is 1. The van der Waals surface area contributed by atoms with E-state index in [1.54, 1.807) is 38.1 Å². The zero-order valence-electron chi connectivity index (χ0n) is 12.7. The molecule has 0 N–H and O–H groups in total. The average Bonchev–Trinajstić information content (AvgIpc) is 3.00. The lowest BCUT2D eigenvalue weighted by molar-refractivity contribution is -0.129. The number of benzene rings is 1. The van der Waals surface area contributed by atoms with Crippen LogP contribution in [0.15, 0.2) is 29.2 Å². The van der Waals surface area contributed by atoms with E-state index in [0.29, 0.717) is 0 Å². The summed E-state index contributed by atoms with van der Waals surface area (Å²) in [7, 11) is -3.84. The highest BCUT2D eigenvalue weighted by Gasteiger charge is 2.69. The zero-order chi connectivity index (χ0) is 15.6. The first-order valence-electron chi connectivity index (χ1n) is 7.20. The SMILES string of the molecule is Cc1ccc(S(=O)(=O)O[C@@H]2[C@@H]3[C@@H](C)[C@@H]3C(=O)C2(C)C)cc1. The van der Waals surface area contributed by atoms with Gasteiger partial charge in [0.15, 0.2) is 0 Å². The molecule has 0 aliphatic heterocycles. The predicted octanol–water partition coefficient (Wildman–Crippen LogP) is 2.56. The third-order valence-corrected chi connectivity index (χ3v) is 6.30. The summed E-state index contributed by atoms with van der Waals surface area (Å²) in [5.41, 5.74) is 0.251. The first-order chi connectivity index (χ1) is 9.66. The Morgan fingerprint density at radius 3 is 2.24 bits per heavy atom. The van der Waals surface area contributed by atoms with E-state index < -0.39 is 21.6 Å². The molecule has 0 radical (unpaired) electrons. The van der Waals surface area contributed by atoms with Crippen LogP contribution >= 0.6 is 0 Å². The molecule has 0 unspecified atom stereocenters. The molecule has 2 fully saturated rings. The molecule has 1 aromatic rings. The van der Waals surface area contributed by atoms with Gasteiger partial charge >= 0.3 is 0 Å². The fraction of sp³-hybridized carbons (Fsp3) is 0.562. The summed E-state index contributed by atoms with van der Waals surface area (Å²) in [5, 5.41) is 0. The molecule has 0 bridgehead atoms. The van der Waals surface area contributed by atoms with Crippen molar-refractivity contribution in [2.24, 2.45) is 23.2 Å². The molecular weight excluding hydrogens is 288 g/mol. The minimum Gasteiger partial charge on any atom is -0.299 e. The van der Waals surface area contributed by atoms with Crippen LogP contribution in [0.3, 0.4) is 0 Å². The second kappa shape index (κ2) is 4.40. The topological polar surface area (TPSA) is 60.4 Å². The van der Waals surface area contributed by atoms with E-state index in [1.165, 1.54) is 0 Å². The minimum absolute atomic E-state index is 0.0294. The van der Waals surface area contributed by atoms with Crippen molar-refractivity contribution in [2.45, 2.75) is 38.7 Å². The van der Waals surface area contributed by atoms with Gasteiger partial charge in [-0.3, -0.25) is 8.98 Å². The van der Waals surface area contributed by atoms with Gasteiger partial charge < -0.3 is 0 Å². The summed E-state index contributed by atoms with van der Waals surface area (Å²) < 4.78 is 30.3. The number of hydrogen-bond acceptors (Lipinski definition) is 4. The lowest BCUT2D eigenvalue weighted by Crippen LogP contribution is -2.38. The van der Waals surface area contributed by atoms with Gasteiger partial charge in [0.1, 0.15) is 5.78 Å². The third-order valence-electron chi connectivity index (χ3n) is 4.99. The third kappa shape index (κ3) is 2.14. The van der Waals surface area contributed by atoms with E-state index in [0.717, 1.165) is 5.56 Å². The Balaban J connectivity index is 1.89. The Morgan fingerprint density at radius 1 is 1.14 bits per heavy atom. The smallest absolute Gasteiger partial charge is 0.297 e. The lowest BCUT2D eigenvalue weighted by atomic mass is 9.83. The second-order valence-corrected chi connectivity index (χ2v) is 8.40. The number of carbonyl (C=O) groups is 1. The van der Waals surface area contributed by atoms with Crippen LogP contribution in [0.1, 0.15) is 26.3 Å². The number of carbonyl (C=O) groups excluding carboxylic acids is 1. The Bertz CT molecular complexity index is 687. The summed E-state index contributed by atoms with van der Waals surface area (Å²) in [6.45, 7) is 7.44. The van der Waals surface area contributed by atoms with Crippen molar-refractivity contribution in [3.05, 3.63) is 29.8 Å². The summed E-state index contributed by atoms with van der Waals surface area (Å²) in [6.07, 6.45) is -0.559. The van der Waals surface area contributed by atoms with Crippen LogP contribution in [-0.2, 0) is 19.1 Å². The Labute approximate surface area is 125 Å². The van der Waals surface area contributed by atoms with Crippen molar-refractivity contribution in [2.75, 3.05) is 0 Å². The van der Waals surface area contributed by atoms with Crippen molar-refractivity contribution >= 4 is 15.9 Å². The highest BCUT2D eigenvalue weighted by molar-refractivity contribution is 7.86. The van der Waals surface area contributed by atoms with Crippen molar-refractivity contribution < 1.29 is 17.4 Å². The largest absolute Gasteiger partial charge is 0.299 e. The number of Topliss-reactive ketones (excluding diaryl/α,β-unsaturated/α-hetero) is 1. The Hall–Kier alpha value is -1.20. The molecule has 0 aromatic heterocycles. The lowest BCUT2D eigenvalue weighted by Gasteiger charge is -2.28. The Kier molecular flexibility index (Phi) is 3.08. The van der Waals surface area contributed by atoms with Crippen LogP contribution in [0.4, 0.5) is 0 Å². The fourth-order valence-electron chi connectivity index (χ4n) is 3.50. The highest BCUT2D eigenvalue weighted by Crippen LogP contribution is 2.62. The summed E-state index contributed by atoms with van der Waals surface area (Å²) >= 11 is 0. The normalized spacial score (nSPS) is 33.8. The number of hydrogen-bond donors (Lipinski definition) is 0. The van der Waals surface area contributed by atoms with Crippen LogP contribution in [0.25, 0.3) is 0 Å². The second-order valence-electron chi connectivity index (χ2n) is 6.83. The summed E-state index contributed by atoms with van der Waals surface area (Å²) in [5.74, 6) is 0.360. The van der Waals surface area contributed by atoms with Gasteiger partial charge in [0.05, 0.1) is 16.4 Å². The van der Waals surface area contributed by atoms with E-state index >= 15 is 0 Å². The van der Waals surface area contributed by atoms with E-state index in [-0.39, 0.29) is 28.4 Å². The standard InChI is InChI=1S/C16H20O4S/c1-9-5-7-11(8-6-9)21(18,19)20-15-13-10(2)12(13)14(17)16(15,3)4/h5-8,10,12-13,15H,1-4H3/t10-,12-,13+,15+/m0/s1. The monoisotopic (exact) mass is 308 g/mol. The van der Waals surface area contributed by atoms with Gasteiger partial charge in [-0.1, -0.05) is 38.5 Å². The van der Waals surface area contributed by atoms with Crippen LogP contribution in [-0.4, -0.2) is 20.3 Å². The van der Waals surface area contributed by atoms with Crippen molar-refractivity contribution in [1.29, 1.82) is 0 Å². The fourth-order valence-corrected chi connectivity index (χ4v) is 4.73. The van der Waals surface area contributed by atoms with E-state index in [4.69, 9.17) is 4.18 Å². The van der Waals surface area contributed by atoms with E-state index in [1.807, 2.05) is 13.8 Å². The van der Waals surface area contributed by atoms with Gasteiger partial charge in [-0.2, -0.15) is 8.42 Å². The van der Waals surface area contributed by atoms with E-state index in [9.17, 15) is 13.2 Å². The van der Waals surface area contributed by atoms with Gasteiger partial charge in [0.25, 0.3) is 10.1 Å². The molecule has 4 nitrogen and oxygen atoms in total. The molecular formula is C16H20O4S. The van der Waals surface area contributed by atoms with Gasteiger partial charge in [-0.15, -0.1) is 0 Å². The number of fused-ring (bicyclic) bond motifs is 1.